The third-order valence-electron chi connectivity index (χ3n) is 3.85. The smallest absolute Gasteiger partial charge is 0.307 e. The van der Waals surface area contributed by atoms with E-state index in [1.807, 2.05) is 60.1 Å². The molecule has 6 heteroatoms. The number of aryl methyl sites for hydroxylation is 1. The molecule has 0 amide bonds. The predicted molar refractivity (Wildman–Crippen MR) is 110 cm³/mol. The second-order valence-corrected chi connectivity index (χ2v) is 7.55. The van der Waals surface area contributed by atoms with E-state index in [9.17, 15) is 4.79 Å². The zero-order valence-electron chi connectivity index (χ0n) is 14.3. The van der Waals surface area contributed by atoms with E-state index >= 15 is 0 Å². The Morgan fingerprint density at radius 3 is 2.35 bits per heavy atom. The van der Waals surface area contributed by atoms with Crippen molar-refractivity contribution >= 4 is 37.8 Å². The third kappa shape index (κ3) is 4.62. The molecule has 134 valence electrons. The molecule has 1 aromatic heterocycles. The van der Waals surface area contributed by atoms with Crippen LogP contribution < -0.4 is 0 Å². The number of rotatable bonds is 6. The summed E-state index contributed by atoms with van der Waals surface area (Å²) in [4.78, 5) is 11.8. The van der Waals surface area contributed by atoms with Crippen molar-refractivity contribution < 1.29 is 9.53 Å². The zero-order chi connectivity index (χ0) is 18.5. The fourth-order valence-electron chi connectivity index (χ4n) is 2.69. The number of ether oxygens (including phenoxy) is 1. The second-order valence-electron chi connectivity index (χ2n) is 5.71. The summed E-state index contributed by atoms with van der Waals surface area (Å²) < 4.78 is 8.91. The molecule has 0 atom stereocenters. The number of nitrogens with zero attached hydrogens (tertiary/aromatic N) is 2. The van der Waals surface area contributed by atoms with Crippen molar-refractivity contribution in [1.29, 1.82) is 0 Å². The van der Waals surface area contributed by atoms with E-state index in [-0.39, 0.29) is 12.4 Å². The maximum absolute atomic E-state index is 11.8. The Labute approximate surface area is 169 Å². The summed E-state index contributed by atoms with van der Waals surface area (Å²) in [6, 6.07) is 18.1. The first-order valence-corrected chi connectivity index (χ1v) is 9.91. The first-order valence-electron chi connectivity index (χ1n) is 8.32. The van der Waals surface area contributed by atoms with Crippen molar-refractivity contribution in [2.24, 2.45) is 0 Å². The standard InChI is InChI=1S/C20H18Br2N2O2/c1-2-26-20(25)9-10-24-19(15-6-4-8-17(22)12-15)13-18(23-24)14-5-3-7-16(21)11-14/h3-8,11-13H,2,9-10H2,1H3. The van der Waals surface area contributed by atoms with Crippen molar-refractivity contribution in [2.45, 2.75) is 19.9 Å². The van der Waals surface area contributed by atoms with Crippen molar-refractivity contribution in [2.75, 3.05) is 6.61 Å². The maximum atomic E-state index is 11.8. The Morgan fingerprint density at radius 1 is 1.04 bits per heavy atom. The number of esters is 1. The molecule has 0 N–H and O–H groups in total. The van der Waals surface area contributed by atoms with Gasteiger partial charge in [0.05, 0.1) is 31.0 Å². The third-order valence-corrected chi connectivity index (χ3v) is 4.84. The lowest BCUT2D eigenvalue weighted by molar-refractivity contribution is -0.143. The zero-order valence-corrected chi connectivity index (χ0v) is 17.5. The van der Waals surface area contributed by atoms with Gasteiger partial charge in [0, 0.05) is 20.1 Å². The first-order chi connectivity index (χ1) is 12.6. The van der Waals surface area contributed by atoms with Gasteiger partial charge in [-0.25, -0.2) is 0 Å². The largest absolute Gasteiger partial charge is 0.466 e. The molecule has 0 saturated carbocycles. The molecule has 1 heterocycles. The number of halogens is 2. The molecule has 0 saturated heterocycles. The second kappa shape index (κ2) is 8.64. The summed E-state index contributed by atoms with van der Waals surface area (Å²) in [5.74, 6) is -0.216. The molecular formula is C20H18Br2N2O2. The van der Waals surface area contributed by atoms with Crippen molar-refractivity contribution in [3.63, 3.8) is 0 Å². The van der Waals surface area contributed by atoms with E-state index in [0.717, 1.165) is 31.5 Å². The van der Waals surface area contributed by atoms with E-state index < -0.39 is 0 Å². The van der Waals surface area contributed by atoms with Crippen LogP contribution in [0.15, 0.2) is 63.5 Å². The van der Waals surface area contributed by atoms with Gasteiger partial charge in [0.25, 0.3) is 0 Å². The monoisotopic (exact) mass is 476 g/mol. The molecule has 0 radical (unpaired) electrons. The van der Waals surface area contributed by atoms with Gasteiger partial charge in [0.15, 0.2) is 0 Å². The predicted octanol–water partition coefficient (Wildman–Crippen LogP) is 5.70. The fraction of sp³-hybridized carbons (Fsp3) is 0.200. The minimum atomic E-state index is -0.216. The molecule has 0 bridgehead atoms. The molecule has 3 aromatic rings. The van der Waals surface area contributed by atoms with Crippen LogP contribution in [-0.2, 0) is 16.1 Å². The summed E-state index contributed by atoms with van der Waals surface area (Å²) >= 11 is 7.02. The minimum Gasteiger partial charge on any atom is -0.466 e. The van der Waals surface area contributed by atoms with Crippen LogP contribution in [0.1, 0.15) is 13.3 Å². The molecule has 0 aliphatic rings. The summed E-state index contributed by atoms with van der Waals surface area (Å²) in [6.45, 7) is 2.67. The highest BCUT2D eigenvalue weighted by molar-refractivity contribution is 9.10. The van der Waals surface area contributed by atoms with E-state index in [4.69, 9.17) is 9.84 Å². The van der Waals surface area contributed by atoms with Crippen molar-refractivity contribution in [3.8, 4) is 22.5 Å². The molecule has 2 aromatic carbocycles. The first kappa shape index (κ1) is 18.9. The molecule has 26 heavy (non-hydrogen) atoms. The Kier molecular flexibility index (Phi) is 6.27. The molecule has 0 aliphatic heterocycles. The van der Waals surface area contributed by atoms with Gasteiger partial charge < -0.3 is 4.74 Å². The van der Waals surface area contributed by atoms with E-state index in [1.165, 1.54) is 0 Å². The van der Waals surface area contributed by atoms with Crippen molar-refractivity contribution in [3.05, 3.63) is 63.5 Å². The molecule has 3 rings (SSSR count). The summed E-state index contributed by atoms with van der Waals surface area (Å²) in [7, 11) is 0. The molecule has 0 aliphatic carbocycles. The number of carbonyl (C=O) groups excluding carboxylic acids is 1. The van der Waals surface area contributed by atoms with Gasteiger partial charge in [0.2, 0.25) is 0 Å². The number of hydrogen-bond donors (Lipinski definition) is 0. The van der Waals surface area contributed by atoms with E-state index in [2.05, 4.69) is 37.9 Å². The lowest BCUT2D eigenvalue weighted by Crippen LogP contribution is -2.10. The molecule has 0 unspecified atom stereocenters. The van der Waals surface area contributed by atoms with Crippen LogP contribution in [0.5, 0.6) is 0 Å². The average Bonchev–Trinajstić information content (AvgIpc) is 3.05. The van der Waals surface area contributed by atoms with Crippen LogP contribution >= 0.6 is 31.9 Å². The van der Waals surface area contributed by atoms with Crippen LogP contribution in [0.2, 0.25) is 0 Å². The molecule has 4 nitrogen and oxygen atoms in total. The van der Waals surface area contributed by atoms with E-state index in [1.54, 1.807) is 0 Å². The highest BCUT2D eigenvalue weighted by Gasteiger charge is 2.13. The minimum absolute atomic E-state index is 0.216. The molecule has 0 fully saturated rings. The van der Waals surface area contributed by atoms with Gasteiger partial charge in [-0.15, -0.1) is 0 Å². The highest BCUT2D eigenvalue weighted by atomic mass is 79.9. The maximum Gasteiger partial charge on any atom is 0.307 e. The van der Waals surface area contributed by atoms with Crippen LogP contribution in [0, 0.1) is 0 Å². The lowest BCUT2D eigenvalue weighted by Gasteiger charge is -2.08. The number of hydrogen-bond acceptors (Lipinski definition) is 3. The van der Waals surface area contributed by atoms with Crippen LogP contribution in [-0.4, -0.2) is 22.4 Å². The fourth-order valence-corrected chi connectivity index (χ4v) is 3.49. The Bertz CT molecular complexity index is 922. The van der Waals surface area contributed by atoms with Crippen LogP contribution in [0.3, 0.4) is 0 Å². The Hall–Kier alpha value is -1.92. The molecular weight excluding hydrogens is 460 g/mol. The summed E-state index contributed by atoms with van der Waals surface area (Å²) in [5, 5.41) is 4.73. The lowest BCUT2D eigenvalue weighted by atomic mass is 10.1. The quantitative estimate of drug-likeness (QED) is 0.428. The number of aromatic nitrogens is 2. The summed E-state index contributed by atoms with van der Waals surface area (Å²) in [6.07, 6.45) is 0.286. The number of carbonyl (C=O) groups is 1. The number of benzene rings is 2. The van der Waals surface area contributed by atoms with Gasteiger partial charge in [-0.05, 0) is 37.3 Å². The highest BCUT2D eigenvalue weighted by Crippen LogP contribution is 2.29. The van der Waals surface area contributed by atoms with Crippen molar-refractivity contribution in [1.82, 2.24) is 9.78 Å². The normalized spacial score (nSPS) is 10.7. The van der Waals surface area contributed by atoms with Gasteiger partial charge >= 0.3 is 5.97 Å². The van der Waals surface area contributed by atoms with Crippen LogP contribution in [0.4, 0.5) is 0 Å². The van der Waals surface area contributed by atoms with Gasteiger partial charge in [-0.2, -0.15) is 5.10 Å². The molecule has 0 spiro atoms. The summed E-state index contributed by atoms with van der Waals surface area (Å²) in [5.41, 5.74) is 3.89. The van der Waals surface area contributed by atoms with Gasteiger partial charge in [0.1, 0.15) is 0 Å². The average molecular weight is 478 g/mol. The van der Waals surface area contributed by atoms with Crippen LogP contribution in [0.25, 0.3) is 22.5 Å². The van der Waals surface area contributed by atoms with Gasteiger partial charge in [-0.3, -0.25) is 9.48 Å². The van der Waals surface area contributed by atoms with E-state index in [0.29, 0.717) is 13.2 Å². The SMILES string of the molecule is CCOC(=O)CCn1nc(-c2cccc(Br)c2)cc1-c1cccc(Br)c1. The Morgan fingerprint density at radius 2 is 1.69 bits per heavy atom. The topological polar surface area (TPSA) is 44.1 Å². The van der Waals surface area contributed by atoms with Gasteiger partial charge in [-0.1, -0.05) is 56.1 Å². The Balaban J connectivity index is 1.98.